The van der Waals surface area contributed by atoms with E-state index in [1.165, 1.54) is 11.3 Å². The van der Waals surface area contributed by atoms with Crippen LogP contribution in [0.15, 0.2) is 53.9 Å². The minimum absolute atomic E-state index is 0.0971. The summed E-state index contributed by atoms with van der Waals surface area (Å²) in [6.45, 7) is 2.32. The van der Waals surface area contributed by atoms with Gasteiger partial charge in [-0.05, 0) is 43.3 Å². The van der Waals surface area contributed by atoms with E-state index in [1.807, 2.05) is 36.6 Å². The van der Waals surface area contributed by atoms with Crippen molar-refractivity contribution in [3.63, 3.8) is 0 Å². The van der Waals surface area contributed by atoms with Crippen LogP contribution >= 0.6 is 11.3 Å². The zero-order chi connectivity index (χ0) is 18.4. The highest BCUT2D eigenvalue weighted by Gasteiger charge is 2.09. The molecule has 1 amide bonds. The number of anilines is 1. The van der Waals surface area contributed by atoms with E-state index in [0.717, 1.165) is 28.2 Å². The maximum absolute atomic E-state index is 12.1. The first-order valence-electron chi connectivity index (χ1n) is 8.10. The molecular weight excluding hydrogens is 348 g/mol. The number of amides is 1. The van der Waals surface area contributed by atoms with Crippen molar-refractivity contribution in [2.24, 2.45) is 0 Å². The number of hydrogen-bond acceptors (Lipinski definition) is 5. The van der Waals surface area contributed by atoms with Gasteiger partial charge in [-0.25, -0.2) is 4.98 Å². The molecule has 0 spiro atoms. The van der Waals surface area contributed by atoms with Gasteiger partial charge in [0, 0.05) is 16.6 Å². The lowest BCUT2D eigenvalue weighted by molar-refractivity contribution is -0.115. The Hall–Kier alpha value is -2.99. The van der Waals surface area contributed by atoms with E-state index in [9.17, 15) is 9.59 Å². The lowest BCUT2D eigenvalue weighted by atomic mass is 10.2. The van der Waals surface area contributed by atoms with Gasteiger partial charge in [0.05, 0.1) is 12.1 Å². The fourth-order valence-corrected chi connectivity index (χ4v) is 3.05. The van der Waals surface area contributed by atoms with Crippen LogP contribution in [0, 0.1) is 6.92 Å². The molecule has 0 radical (unpaired) electrons. The molecule has 5 nitrogen and oxygen atoms in total. The minimum Gasteiger partial charge on any atom is -0.487 e. The number of hydrogen-bond donors (Lipinski definition) is 1. The third kappa shape index (κ3) is 5.00. The van der Waals surface area contributed by atoms with Crippen LogP contribution in [0.25, 0.3) is 0 Å². The number of ether oxygens (including phenoxy) is 1. The molecule has 2 aromatic carbocycles. The van der Waals surface area contributed by atoms with Crippen molar-refractivity contribution < 1.29 is 14.3 Å². The van der Waals surface area contributed by atoms with E-state index in [1.54, 1.807) is 24.3 Å². The van der Waals surface area contributed by atoms with Gasteiger partial charge < -0.3 is 10.1 Å². The highest BCUT2D eigenvalue weighted by molar-refractivity contribution is 7.09. The molecule has 1 heterocycles. The van der Waals surface area contributed by atoms with Crippen molar-refractivity contribution in [2.75, 3.05) is 5.32 Å². The van der Waals surface area contributed by atoms with Gasteiger partial charge in [-0.3, -0.25) is 9.59 Å². The summed E-state index contributed by atoms with van der Waals surface area (Å²) in [4.78, 5) is 27.2. The maximum atomic E-state index is 12.1. The SMILES string of the molecule is Cc1ccc(NC(=O)Cc2nc(COc3ccc(C=O)cc3)cs2)cc1. The second kappa shape index (κ2) is 8.40. The number of thiazole rings is 1. The van der Waals surface area contributed by atoms with Crippen molar-refractivity contribution in [1.82, 2.24) is 4.98 Å². The van der Waals surface area contributed by atoms with E-state index in [4.69, 9.17) is 4.74 Å². The van der Waals surface area contributed by atoms with E-state index in [0.29, 0.717) is 17.9 Å². The second-order valence-corrected chi connectivity index (χ2v) is 6.74. The number of aldehydes is 1. The van der Waals surface area contributed by atoms with Crippen LogP contribution in [-0.4, -0.2) is 17.2 Å². The van der Waals surface area contributed by atoms with Gasteiger partial charge in [-0.2, -0.15) is 0 Å². The normalized spacial score (nSPS) is 10.3. The van der Waals surface area contributed by atoms with Gasteiger partial charge in [0.15, 0.2) is 0 Å². The summed E-state index contributed by atoms with van der Waals surface area (Å²) in [5.74, 6) is 0.572. The van der Waals surface area contributed by atoms with Gasteiger partial charge in [0.25, 0.3) is 0 Å². The summed E-state index contributed by atoms with van der Waals surface area (Å²) in [6, 6.07) is 14.5. The number of carbonyl (C=O) groups excluding carboxylic acids is 2. The summed E-state index contributed by atoms with van der Waals surface area (Å²) in [7, 11) is 0. The van der Waals surface area contributed by atoms with Gasteiger partial charge >= 0.3 is 0 Å². The standard InChI is InChI=1S/C20H18N2O3S/c1-14-2-6-16(7-3-14)21-19(24)10-20-22-17(13-26-20)12-25-18-8-4-15(11-23)5-9-18/h2-9,11,13H,10,12H2,1H3,(H,21,24). The number of benzene rings is 2. The molecule has 0 bridgehead atoms. The van der Waals surface area contributed by atoms with Crippen LogP contribution in [0.5, 0.6) is 5.75 Å². The molecule has 0 aliphatic heterocycles. The lowest BCUT2D eigenvalue weighted by Crippen LogP contribution is -2.14. The maximum Gasteiger partial charge on any atom is 0.231 e. The van der Waals surface area contributed by atoms with E-state index in [-0.39, 0.29) is 12.3 Å². The van der Waals surface area contributed by atoms with E-state index in [2.05, 4.69) is 10.3 Å². The van der Waals surface area contributed by atoms with Crippen LogP contribution in [0.4, 0.5) is 5.69 Å². The zero-order valence-corrected chi connectivity index (χ0v) is 15.1. The fraction of sp³-hybridized carbons (Fsp3) is 0.150. The lowest BCUT2D eigenvalue weighted by Gasteiger charge is -2.04. The van der Waals surface area contributed by atoms with Gasteiger partial charge in [0.2, 0.25) is 5.91 Å². The second-order valence-electron chi connectivity index (χ2n) is 5.80. The average Bonchev–Trinajstić information content (AvgIpc) is 3.09. The van der Waals surface area contributed by atoms with Crippen molar-refractivity contribution >= 4 is 29.2 Å². The van der Waals surface area contributed by atoms with Crippen LogP contribution in [-0.2, 0) is 17.8 Å². The Labute approximate surface area is 155 Å². The number of nitrogens with zero attached hydrogens (tertiary/aromatic N) is 1. The summed E-state index contributed by atoms with van der Waals surface area (Å²) in [6.07, 6.45) is 1.02. The molecule has 0 aliphatic carbocycles. The fourth-order valence-electron chi connectivity index (χ4n) is 2.28. The summed E-state index contributed by atoms with van der Waals surface area (Å²) in [5.41, 5.74) is 3.30. The van der Waals surface area contributed by atoms with Crippen molar-refractivity contribution in [3.05, 3.63) is 75.7 Å². The highest BCUT2D eigenvalue weighted by Crippen LogP contribution is 2.16. The topological polar surface area (TPSA) is 68.3 Å². The van der Waals surface area contributed by atoms with Crippen LogP contribution in [0.3, 0.4) is 0 Å². The van der Waals surface area contributed by atoms with Crippen molar-refractivity contribution in [2.45, 2.75) is 20.0 Å². The Morgan fingerprint density at radius 3 is 2.58 bits per heavy atom. The molecule has 0 atom stereocenters. The van der Waals surface area contributed by atoms with Gasteiger partial charge in [-0.1, -0.05) is 17.7 Å². The monoisotopic (exact) mass is 366 g/mol. The Morgan fingerprint density at radius 1 is 1.15 bits per heavy atom. The zero-order valence-electron chi connectivity index (χ0n) is 14.3. The molecule has 0 aliphatic rings. The molecule has 3 rings (SSSR count). The van der Waals surface area contributed by atoms with Crippen molar-refractivity contribution in [1.29, 1.82) is 0 Å². The molecule has 1 N–H and O–H groups in total. The first-order valence-corrected chi connectivity index (χ1v) is 8.98. The first-order chi connectivity index (χ1) is 12.6. The molecule has 0 fully saturated rings. The third-order valence-corrected chi connectivity index (χ3v) is 4.55. The Bertz CT molecular complexity index is 886. The number of aromatic nitrogens is 1. The van der Waals surface area contributed by atoms with Gasteiger partial charge in [-0.15, -0.1) is 11.3 Å². The van der Waals surface area contributed by atoms with E-state index < -0.39 is 0 Å². The van der Waals surface area contributed by atoms with Crippen LogP contribution in [0.2, 0.25) is 0 Å². The molecule has 0 saturated heterocycles. The number of nitrogens with one attached hydrogen (secondary N) is 1. The highest BCUT2D eigenvalue weighted by atomic mass is 32.1. The number of rotatable bonds is 7. The quantitative estimate of drug-likeness (QED) is 0.641. The Balaban J connectivity index is 1.51. The molecule has 132 valence electrons. The molecule has 1 aromatic heterocycles. The summed E-state index contributed by atoms with van der Waals surface area (Å²) >= 11 is 1.43. The molecule has 3 aromatic rings. The molecule has 26 heavy (non-hydrogen) atoms. The average molecular weight is 366 g/mol. The predicted molar refractivity (Wildman–Crippen MR) is 102 cm³/mol. The summed E-state index contributed by atoms with van der Waals surface area (Å²) in [5, 5.41) is 5.49. The van der Waals surface area contributed by atoms with Crippen LogP contribution in [0.1, 0.15) is 26.6 Å². The van der Waals surface area contributed by atoms with Crippen molar-refractivity contribution in [3.8, 4) is 5.75 Å². The van der Waals surface area contributed by atoms with E-state index >= 15 is 0 Å². The largest absolute Gasteiger partial charge is 0.487 e. The first kappa shape index (κ1) is 17.8. The minimum atomic E-state index is -0.0971. The predicted octanol–water partition coefficient (Wildman–Crippen LogP) is 4.02. The molecule has 0 unspecified atom stereocenters. The number of aryl methyl sites for hydroxylation is 1. The summed E-state index contributed by atoms with van der Waals surface area (Å²) < 4.78 is 5.64. The number of carbonyl (C=O) groups is 2. The molecule has 6 heteroatoms. The Morgan fingerprint density at radius 2 is 1.88 bits per heavy atom. The molecular formula is C20H18N2O3S. The molecule has 0 saturated carbocycles. The van der Waals surface area contributed by atoms with Gasteiger partial charge in [0.1, 0.15) is 23.7 Å². The third-order valence-electron chi connectivity index (χ3n) is 3.65. The smallest absolute Gasteiger partial charge is 0.231 e. The van der Waals surface area contributed by atoms with Crippen LogP contribution < -0.4 is 10.1 Å². The Kier molecular flexibility index (Phi) is 5.76.